The van der Waals surface area contributed by atoms with Crippen molar-refractivity contribution < 1.29 is 22.5 Å². The van der Waals surface area contributed by atoms with Crippen LogP contribution in [0, 0.1) is 33.4 Å². The van der Waals surface area contributed by atoms with Gasteiger partial charge >= 0.3 is 5.69 Å². The minimum absolute atomic E-state index is 0.418. The first-order chi connectivity index (χ1) is 6.91. The Morgan fingerprint density at radius 2 is 1.47 bits per heavy atom. The Kier molecular flexibility index (Phi) is 3.18. The third kappa shape index (κ3) is 1.76. The smallest absolute Gasteiger partial charge is 0.258 e. The average molecular weight is 241 g/mol. The molecule has 82 valence electrons. The number of rotatable bonds is 2. The zero-order chi connectivity index (χ0) is 11.7. The molecule has 0 N–H and O–H groups in total. The molecule has 0 aromatic heterocycles. The predicted molar refractivity (Wildman–Crippen MR) is 44.7 cm³/mol. The summed E-state index contributed by atoms with van der Waals surface area (Å²) in [5.74, 6) is -7.51. The molecule has 0 aliphatic carbocycles. The molecule has 0 aliphatic heterocycles. The number of thioether (sulfide) groups is 1. The maximum absolute atomic E-state index is 13.0. The van der Waals surface area contributed by atoms with Gasteiger partial charge in [-0.2, -0.15) is 8.78 Å². The lowest BCUT2D eigenvalue weighted by atomic mass is 10.2. The summed E-state index contributed by atoms with van der Waals surface area (Å²) in [5, 5.41) is 10.1. The van der Waals surface area contributed by atoms with Crippen molar-refractivity contribution >= 4 is 17.4 Å². The normalized spacial score (nSPS) is 10.5. The number of benzene rings is 1. The van der Waals surface area contributed by atoms with Gasteiger partial charge in [-0.3, -0.25) is 10.1 Å². The fourth-order valence-electron chi connectivity index (χ4n) is 0.939. The second kappa shape index (κ2) is 4.05. The van der Waals surface area contributed by atoms with Crippen molar-refractivity contribution in [2.24, 2.45) is 0 Å². The van der Waals surface area contributed by atoms with Crippen LogP contribution < -0.4 is 0 Å². The van der Waals surface area contributed by atoms with E-state index in [0.717, 1.165) is 0 Å². The van der Waals surface area contributed by atoms with Crippen LogP contribution >= 0.6 is 11.8 Å². The quantitative estimate of drug-likeness (QED) is 0.263. The van der Waals surface area contributed by atoms with Gasteiger partial charge in [0, 0.05) is 0 Å². The minimum atomic E-state index is -2.00. The van der Waals surface area contributed by atoms with Crippen molar-refractivity contribution in [3.8, 4) is 0 Å². The number of halogens is 4. The topological polar surface area (TPSA) is 43.1 Å². The molecular formula is C7H3F4NO2S. The summed E-state index contributed by atoms with van der Waals surface area (Å²) in [4.78, 5) is 7.70. The summed E-state index contributed by atoms with van der Waals surface area (Å²) >= 11 is 0.418. The van der Waals surface area contributed by atoms with Crippen LogP contribution in [0.5, 0.6) is 0 Å². The highest BCUT2D eigenvalue weighted by Crippen LogP contribution is 2.33. The van der Waals surface area contributed by atoms with E-state index in [1.54, 1.807) is 0 Å². The highest BCUT2D eigenvalue weighted by Gasteiger charge is 2.32. The van der Waals surface area contributed by atoms with Gasteiger partial charge in [0.15, 0.2) is 11.6 Å². The Balaban J connectivity index is 3.66. The van der Waals surface area contributed by atoms with E-state index in [1.807, 2.05) is 0 Å². The Morgan fingerprint density at radius 3 is 1.73 bits per heavy atom. The van der Waals surface area contributed by atoms with Gasteiger partial charge < -0.3 is 0 Å². The number of nitrogens with zero attached hydrogens (tertiary/aromatic N) is 1. The van der Waals surface area contributed by atoms with E-state index in [0.29, 0.717) is 11.8 Å². The van der Waals surface area contributed by atoms with Gasteiger partial charge in [0.25, 0.3) is 0 Å². The van der Waals surface area contributed by atoms with Crippen molar-refractivity contribution in [3.63, 3.8) is 0 Å². The van der Waals surface area contributed by atoms with Crippen molar-refractivity contribution in [2.75, 3.05) is 6.26 Å². The van der Waals surface area contributed by atoms with Crippen LogP contribution in [0.25, 0.3) is 0 Å². The highest BCUT2D eigenvalue weighted by molar-refractivity contribution is 7.98. The highest BCUT2D eigenvalue weighted by atomic mass is 32.2. The molecule has 0 amide bonds. The lowest BCUT2D eigenvalue weighted by Crippen LogP contribution is -2.05. The summed E-state index contributed by atoms with van der Waals surface area (Å²) < 4.78 is 51.7. The summed E-state index contributed by atoms with van der Waals surface area (Å²) in [5.41, 5.74) is -1.82. The van der Waals surface area contributed by atoms with E-state index >= 15 is 0 Å². The SMILES string of the molecule is CSc1c(F)c(F)c([N+](=O)[O-])c(F)c1F. The fourth-order valence-corrected chi connectivity index (χ4v) is 1.48. The molecule has 8 heteroatoms. The summed E-state index contributed by atoms with van der Waals surface area (Å²) in [6.45, 7) is 0. The summed E-state index contributed by atoms with van der Waals surface area (Å²) in [6.07, 6.45) is 1.19. The van der Waals surface area contributed by atoms with E-state index in [-0.39, 0.29) is 0 Å². The van der Waals surface area contributed by atoms with E-state index in [2.05, 4.69) is 0 Å². The Labute approximate surface area is 85.2 Å². The Morgan fingerprint density at radius 1 is 1.07 bits per heavy atom. The standard InChI is InChI=1S/C7H3F4NO2S/c1-15-7-4(10)2(8)6(12(13)14)3(9)5(7)11/h1H3. The van der Waals surface area contributed by atoms with Crippen molar-refractivity contribution in [2.45, 2.75) is 4.90 Å². The zero-order valence-electron chi connectivity index (χ0n) is 7.18. The molecule has 0 bridgehead atoms. The van der Waals surface area contributed by atoms with Crippen LogP contribution in [-0.2, 0) is 0 Å². The molecule has 0 atom stereocenters. The molecule has 3 nitrogen and oxygen atoms in total. The first-order valence-corrected chi connectivity index (χ1v) is 4.68. The molecule has 1 aromatic carbocycles. The maximum atomic E-state index is 13.0. The van der Waals surface area contributed by atoms with Crippen LogP contribution in [-0.4, -0.2) is 11.2 Å². The van der Waals surface area contributed by atoms with E-state index < -0.39 is 38.8 Å². The third-order valence-electron chi connectivity index (χ3n) is 1.59. The molecular weight excluding hydrogens is 238 g/mol. The Bertz CT molecular complexity index is 408. The zero-order valence-corrected chi connectivity index (χ0v) is 8.00. The van der Waals surface area contributed by atoms with Gasteiger partial charge in [0.1, 0.15) is 0 Å². The Hall–Kier alpha value is -1.31. The first kappa shape index (κ1) is 11.8. The first-order valence-electron chi connectivity index (χ1n) is 3.46. The number of nitro benzene ring substituents is 1. The van der Waals surface area contributed by atoms with Gasteiger partial charge in [-0.1, -0.05) is 0 Å². The molecule has 0 fully saturated rings. The molecule has 0 radical (unpaired) electrons. The fraction of sp³-hybridized carbons (Fsp3) is 0.143. The second-order valence-corrected chi connectivity index (χ2v) is 3.21. The molecule has 0 saturated heterocycles. The van der Waals surface area contributed by atoms with Crippen LogP contribution in [0.1, 0.15) is 0 Å². The third-order valence-corrected chi connectivity index (χ3v) is 2.35. The van der Waals surface area contributed by atoms with E-state index in [9.17, 15) is 27.7 Å². The molecule has 1 aromatic rings. The van der Waals surface area contributed by atoms with Crippen molar-refractivity contribution in [3.05, 3.63) is 33.4 Å². The second-order valence-electron chi connectivity index (χ2n) is 2.39. The largest absolute Gasteiger partial charge is 0.346 e. The molecule has 0 saturated carbocycles. The number of nitro groups is 1. The van der Waals surface area contributed by atoms with Crippen molar-refractivity contribution in [1.29, 1.82) is 0 Å². The predicted octanol–water partition coefficient (Wildman–Crippen LogP) is 2.87. The van der Waals surface area contributed by atoms with Gasteiger partial charge in [-0.15, -0.1) is 11.8 Å². The number of hydrogen-bond acceptors (Lipinski definition) is 3. The van der Waals surface area contributed by atoms with Gasteiger partial charge in [-0.25, -0.2) is 8.78 Å². The maximum Gasteiger partial charge on any atom is 0.346 e. The average Bonchev–Trinajstić information content (AvgIpc) is 2.16. The number of hydrogen-bond donors (Lipinski definition) is 0. The van der Waals surface area contributed by atoms with Crippen molar-refractivity contribution in [1.82, 2.24) is 0 Å². The molecule has 0 heterocycles. The van der Waals surface area contributed by atoms with E-state index in [4.69, 9.17) is 0 Å². The molecule has 0 spiro atoms. The van der Waals surface area contributed by atoms with E-state index in [1.165, 1.54) is 6.26 Å². The van der Waals surface area contributed by atoms with Crippen LogP contribution in [0.2, 0.25) is 0 Å². The summed E-state index contributed by atoms with van der Waals surface area (Å²) in [6, 6.07) is 0. The van der Waals surface area contributed by atoms with Gasteiger partial charge in [0.05, 0.1) is 9.82 Å². The van der Waals surface area contributed by atoms with Gasteiger partial charge in [0.2, 0.25) is 11.6 Å². The molecule has 0 unspecified atom stereocenters. The van der Waals surface area contributed by atoms with Crippen LogP contribution in [0.4, 0.5) is 23.2 Å². The van der Waals surface area contributed by atoms with Gasteiger partial charge in [-0.05, 0) is 6.26 Å². The molecule has 15 heavy (non-hydrogen) atoms. The minimum Gasteiger partial charge on any atom is -0.258 e. The van der Waals surface area contributed by atoms with Crippen LogP contribution in [0.3, 0.4) is 0 Å². The monoisotopic (exact) mass is 241 g/mol. The lowest BCUT2D eigenvalue weighted by molar-refractivity contribution is -0.390. The molecule has 1 rings (SSSR count). The summed E-state index contributed by atoms with van der Waals surface area (Å²) in [7, 11) is 0. The van der Waals surface area contributed by atoms with Crippen LogP contribution in [0.15, 0.2) is 4.90 Å². The molecule has 0 aliphatic rings. The lowest BCUT2D eigenvalue weighted by Gasteiger charge is -2.04.